The number of Topliss-reactive ketones (excluding diaryl/α,β-unsaturated/α-hetero) is 1. The van der Waals surface area contributed by atoms with E-state index in [0.29, 0.717) is 25.0 Å². The summed E-state index contributed by atoms with van der Waals surface area (Å²) in [6, 6.07) is 0. The lowest BCUT2D eigenvalue weighted by atomic mass is 9.87. The Morgan fingerprint density at radius 1 is 1.12 bits per heavy atom. The topological polar surface area (TPSA) is 72.8 Å². The average molecular weight is 497 g/mol. The van der Waals surface area contributed by atoms with Gasteiger partial charge in [0.05, 0.1) is 18.8 Å². The molecule has 0 saturated heterocycles. The van der Waals surface area contributed by atoms with Crippen molar-refractivity contribution in [3.05, 3.63) is 12.2 Å². The number of rotatable bonds is 15. The Labute approximate surface area is 210 Å². The van der Waals surface area contributed by atoms with Crippen LogP contribution in [-0.2, 0) is 18.8 Å². The molecular formula is C28H52O5Si. The molecule has 0 aromatic carbocycles. The number of carbonyl (C=O) groups excluding carboxylic acids is 2. The number of carbonyl (C=O) groups is 2. The third-order valence-corrected chi connectivity index (χ3v) is 12.3. The molecule has 1 unspecified atom stereocenters. The van der Waals surface area contributed by atoms with E-state index in [1.807, 2.05) is 6.92 Å². The van der Waals surface area contributed by atoms with Gasteiger partial charge in [0.2, 0.25) is 0 Å². The highest BCUT2D eigenvalue weighted by Gasteiger charge is 2.46. The SMILES string of the molecule is CCCCC(C)(O)C/C=C/[C@H]1[C@H](O[Si](C)(C)C(C)(C)C)CC(=O)[C@@H]1CCCCCCC(=O)OC. The van der Waals surface area contributed by atoms with Gasteiger partial charge in [0.15, 0.2) is 8.32 Å². The summed E-state index contributed by atoms with van der Waals surface area (Å²) >= 11 is 0. The second-order valence-corrected chi connectivity index (χ2v) is 16.8. The predicted molar refractivity (Wildman–Crippen MR) is 142 cm³/mol. The molecule has 1 fully saturated rings. The van der Waals surface area contributed by atoms with Gasteiger partial charge in [-0.1, -0.05) is 72.0 Å². The number of ether oxygens (including phenoxy) is 1. The number of unbranched alkanes of at least 4 members (excludes halogenated alkanes) is 4. The van der Waals surface area contributed by atoms with Crippen LogP contribution in [0.4, 0.5) is 0 Å². The predicted octanol–water partition coefficient (Wildman–Crippen LogP) is 6.98. The van der Waals surface area contributed by atoms with Gasteiger partial charge in [-0.15, -0.1) is 0 Å². The number of methoxy groups -OCH3 is 1. The summed E-state index contributed by atoms with van der Waals surface area (Å²) in [6.07, 6.45) is 13.3. The maximum absolute atomic E-state index is 13.1. The van der Waals surface area contributed by atoms with Gasteiger partial charge in [-0.05, 0) is 50.7 Å². The van der Waals surface area contributed by atoms with Crippen molar-refractivity contribution in [3.63, 3.8) is 0 Å². The van der Waals surface area contributed by atoms with Crippen molar-refractivity contribution >= 4 is 20.1 Å². The Balaban J connectivity index is 2.85. The molecule has 0 aliphatic heterocycles. The van der Waals surface area contributed by atoms with Crippen LogP contribution in [0.5, 0.6) is 0 Å². The van der Waals surface area contributed by atoms with Crippen molar-refractivity contribution in [1.29, 1.82) is 0 Å². The third-order valence-electron chi connectivity index (χ3n) is 7.82. The molecule has 1 aliphatic carbocycles. The lowest BCUT2D eigenvalue weighted by Crippen LogP contribution is -2.45. The maximum atomic E-state index is 13.1. The smallest absolute Gasteiger partial charge is 0.305 e. The van der Waals surface area contributed by atoms with E-state index in [4.69, 9.17) is 9.16 Å². The minimum Gasteiger partial charge on any atom is -0.469 e. The van der Waals surface area contributed by atoms with E-state index in [1.165, 1.54) is 7.11 Å². The standard InChI is InChI=1S/C28H52O5Si/c1-9-10-19-28(5,31)20-15-17-23-22(16-13-11-12-14-18-26(30)32-6)24(29)21-25(23)33-34(7,8)27(2,3)4/h15,17,22-23,25,31H,9-14,16,18-21H2,1-8H3/b17-15+/t22-,23-,25-,28?/m1/s1. The Morgan fingerprint density at radius 2 is 1.76 bits per heavy atom. The Bertz CT molecular complexity index is 662. The van der Waals surface area contributed by atoms with Gasteiger partial charge >= 0.3 is 5.97 Å². The zero-order valence-corrected chi connectivity index (χ0v) is 24.2. The first-order valence-corrected chi connectivity index (χ1v) is 16.3. The van der Waals surface area contributed by atoms with Gasteiger partial charge in [-0.2, -0.15) is 0 Å². The second kappa shape index (κ2) is 13.9. The molecule has 1 N–H and O–H groups in total. The van der Waals surface area contributed by atoms with Crippen LogP contribution >= 0.6 is 0 Å². The van der Waals surface area contributed by atoms with Crippen molar-refractivity contribution in [1.82, 2.24) is 0 Å². The van der Waals surface area contributed by atoms with Crippen LogP contribution in [0.3, 0.4) is 0 Å². The second-order valence-electron chi connectivity index (χ2n) is 12.0. The van der Waals surface area contributed by atoms with Crippen LogP contribution in [0, 0.1) is 11.8 Å². The molecule has 6 heteroatoms. The maximum Gasteiger partial charge on any atom is 0.305 e. The van der Waals surface area contributed by atoms with Crippen LogP contribution in [0.15, 0.2) is 12.2 Å². The van der Waals surface area contributed by atoms with Crippen molar-refractivity contribution in [3.8, 4) is 0 Å². The van der Waals surface area contributed by atoms with Crippen molar-refractivity contribution in [2.45, 2.75) is 135 Å². The van der Waals surface area contributed by atoms with Crippen molar-refractivity contribution in [2.24, 2.45) is 11.8 Å². The number of hydrogen-bond donors (Lipinski definition) is 1. The monoisotopic (exact) mass is 496 g/mol. The van der Waals surface area contributed by atoms with E-state index in [2.05, 4.69) is 52.9 Å². The fourth-order valence-corrected chi connectivity index (χ4v) is 5.83. The molecule has 1 saturated carbocycles. The molecule has 0 aromatic rings. The van der Waals surface area contributed by atoms with Crippen LogP contribution < -0.4 is 0 Å². The number of esters is 1. The highest BCUT2D eigenvalue weighted by Crippen LogP contribution is 2.43. The molecule has 5 nitrogen and oxygen atoms in total. The van der Waals surface area contributed by atoms with Gasteiger partial charge in [-0.3, -0.25) is 9.59 Å². The molecule has 0 heterocycles. The first kappa shape index (κ1) is 31.0. The lowest BCUT2D eigenvalue weighted by Gasteiger charge is -2.39. The first-order chi connectivity index (χ1) is 15.7. The summed E-state index contributed by atoms with van der Waals surface area (Å²) in [7, 11) is -0.583. The molecular weight excluding hydrogens is 444 g/mol. The first-order valence-electron chi connectivity index (χ1n) is 13.4. The normalized spacial score (nSPS) is 23.4. The van der Waals surface area contributed by atoms with Gasteiger partial charge in [0.1, 0.15) is 5.78 Å². The molecule has 1 aliphatic rings. The summed E-state index contributed by atoms with van der Waals surface area (Å²) in [6.45, 7) is 15.2. The lowest BCUT2D eigenvalue weighted by molar-refractivity contribution is -0.140. The summed E-state index contributed by atoms with van der Waals surface area (Å²) in [5.41, 5.74) is -0.708. The Hall–Kier alpha value is -0.983. The van der Waals surface area contributed by atoms with Gasteiger partial charge in [0.25, 0.3) is 0 Å². The minimum absolute atomic E-state index is 0.0211. The molecule has 0 amide bonds. The zero-order valence-electron chi connectivity index (χ0n) is 23.2. The van der Waals surface area contributed by atoms with Crippen LogP contribution in [-0.4, -0.2) is 44.0 Å². The van der Waals surface area contributed by atoms with E-state index < -0.39 is 13.9 Å². The molecule has 1 rings (SSSR count). The summed E-state index contributed by atoms with van der Waals surface area (Å²) in [4.78, 5) is 24.4. The van der Waals surface area contributed by atoms with Crippen LogP contribution in [0.1, 0.15) is 105 Å². The van der Waals surface area contributed by atoms with Crippen molar-refractivity contribution < 1.29 is 23.9 Å². The van der Waals surface area contributed by atoms with E-state index >= 15 is 0 Å². The van der Waals surface area contributed by atoms with E-state index in [-0.39, 0.29) is 28.9 Å². The molecule has 198 valence electrons. The van der Waals surface area contributed by atoms with E-state index in [1.54, 1.807) is 0 Å². The third kappa shape index (κ3) is 10.3. The number of ketones is 1. The summed E-state index contributed by atoms with van der Waals surface area (Å²) in [5, 5.41) is 10.8. The highest BCUT2D eigenvalue weighted by molar-refractivity contribution is 6.74. The molecule has 34 heavy (non-hydrogen) atoms. The summed E-state index contributed by atoms with van der Waals surface area (Å²) in [5.74, 6) is 0.202. The van der Waals surface area contributed by atoms with Gasteiger partial charge in [0, 0.05) is 24.7 Å². The molecule has 4 atom stereocenters. The fourth-order valence-electron chi connectivity index (χ4n) is 4.47. The molecule has 0 spiro atoms. The fraction of sp³-hybridized carbons (Fsp3) is 0.857. The summed E-state index contributed by atoms with van der Waals surface area (Å²) < 4.78 is 11.5. The largest absolute Gasteiger partial charge is 0.469 e. The molecule has 0 radical (unpaired) electrons. The zero-order chi connectivity index (χ0) is 26.0. The van der Waals surface area contributed by atoms with Crippen molar-refractivity contribution in [2.75, 3.05) is 7.11 Å². The minimum atomic E-state index is -2.01. The van der Waals surface area contributed by atoms with E-state index in [9.17, 15) is 14.7 Å². The average Bonchev–Trinajstić information content (AvgIpc) is 3.01. The number of aliphatic hydroxyl groups is 1. The van der Waals surface area contributed by atoms with Gasteiger partial charge in [-0.25, -0.2) is 0 Å². The molecule has 0 bridgehead atoms. The number of hydrogen-bond acceptors (Lipinski definition) is 5. The Morgan fingerprint density at radius 3 is 2.35 bits per heavy atom. The molecule has 0 aromatic heterocycles. The van der Waals surface area contributed by atoms with Gasteiger partial charge < -0.3 is 14.3 Å². The Kier molecular flexibility index (Phi) is 12.7. The van der Waals surface area contributed by atoms with Crippen LogP contribution in [0.2, 0.25) is 18.1 Å². The van der Waals surface area contributed by atoms with E-state index in [0.717, 1.165) is 51.4 Å². The van der Waals surface area contributed by atoms with Crippen LogP contribution in [0.25, 0.3) is 0 Å². The highest BCUT2D eigenvalue weighted by atomic mass is 28.4. The quantitative estimate of drug-likeness (QED) is 0.115.